The summed E-state index contributed by atoms with van der Waals surface area (Å²) in [5.41, 5.74) is 1.57. The molecule has 2 heterocycles. The topological polar surface area (TPSA) is 54.5 Å². The Kier molecular flexibility index (Phi) is 2.84. The van der Waals surface area contributed by atoms with E-state index in [2.05, 4.69) is 33.8 Å². The van der Waals surface area contributed by atoms with E-state index in [0.29, 0.717) is 11.5 Å². The number of halogens is 1. The van der Waals surface area contributed by atoms with E-state index in [9.17, 15) is 0 Å². The van der Waals surface area contributed by atoms with E-state index >= 15 is 0 Å². The first-order chi connectivity index (χ1) is 7.12. The number of nitrogens with zero attached hydrogens (tertiary/aromatic N) is 3. The molecule has 80 valence electrons. The van der Waals surface area contributed by atoms with Crippen molar-refractivity contribution in [2.45, 2.75) is 23.6 Å². The van der Waals surface area contributed by atoms with Crippen molar-refractivity contribution in [1.29, 1.82) is 0 Å². The minimum Gasteiger partial charge on any atom is -0.341 e. The molecule has 0 saturated heterocycles. The molecule has 0 bridgehead atoms. The van der Waals surface area contributed by atoms with Gasteiger partial charge in [-0.05, 0) is 13.8 Å². The van der Waals surface area contributed by atoms with Crippen molar-refractivity contribution in [3.63, 3.8) is 0 Å². The van der Waals surface area contributed by atoms with E-state index in [1.165, 1.54) is 6.33 Å². The van der Waals surface area contributed by atoms with Crippen molar-refractivity contribution in [1.82, 2.24) is 19.9 Å². The monoisotopic (exact) mass is 242 g/mol. The van der Waals surface area contributed by atoms with Gasteiger partial charge in [0.1, 0.15) is 16.9 Å². The third kappa shape index (κ3) is 2.23. The fraction of sp³-hybridized carbons (Fsp3) is 0.444. The second-order valence-corrected chi connectivity index (χ2v) is 5.74. The number of hydrogen-bond donors (Lipinski definition) is 1. The maximum absolute atomic E-state index is 5.88. The van der Waals surface area contributed by atoms with Gasteiger partial charge in [0.2, 0.25) is 0 Å². The summed E-state index contributed by atoms with van der Waals surface area (Å²) < 4.78 is -0.0477. The highest BCUT2D eigenvalue weighted by molar-refractivity contribution is 8.00. The first-order valence-corrected chi connectivity index (χ1v) is 5.86. The molecule has 0 amide bonds. The first-order valence-electron chi connectivity index (χ1n) is 4.51. The van der Waals surface area contributed by atoms with E-state index < -0.39 is 0 Å². The smallest absolute Gasteiger partial charge is 0.181 e. The van der Waals surface area contributed by atoms with Gasteiger partial charge in [0.05, 0.1) is 6.33 Å². The summed E-state index contributed by atoms with van der Waals surface area (Å²) in [6, 6.07) is 0. The molecule has 2 rings (SSSR count). The number of thioether (sulfide) groups is 1. The average Bonchev–Trinajstić information content (AvgIpc) is 2.66. The minimum atomic E-state index is -0.0477. The number of aromatic amines is 1. The normalized spacial score (nSPS) is 12.2. The minimum absolute atomic E-state index is 0.0477. The number of nitrogens with one attached hydrogen (secondary N) is 1. The van der Waals surface area contributed by atoms with Gasteiger partial charge in [-0.1, -0.05) is 11.8 Å². The number of hydrogen-bond acceptors (Lipinski definition) is 4. The summed E-state index contributed by atoms with van der Waals surface area (Å²) >= 11 is 7.50. The number of alkyl halides is 1. The van der Waals surface area contributed by atoms with Gasteiger partial charge in [-0.2, -0.15) is 0 Å². The molecule has 0 aliphatic heterocycles. The second kappa shape index (κ2) is 3.98. The zero-order chi connectivity index (χ0) is 10.9. The molecule has 1 N–H and O–H groups in total. The van der Waals surface area contributed by atoms with Crippen LogP contribution in [0.2, 0.25) is 0 Å². The fourth-order valence-electron chi connectivity index (χ4n) is 1.11. The first kappa shape index (κ1) is 10.7. The van der Waals surface area contributed by atoms with Crippen LogP contribution >= 0.6 is 23.4 Å². The molecule has 0 fully saturated rings. The molecule has 2 aromatic rings. The largest absolute Gasteiger partial charge is 0.341 e. The second-order valence-electron chi connectivity index (χ2n) is 3.78. The van der Waals surface area contributed by atoms with Crippen LogP contribution in [0.15, 0.2) is 17.7 Å². The summed E-state index contributed by atoms with van der Waals surface area (Å²) in [6.07, 6.45) is 3.15. The van der Waals surface area contributed by atoms with Crippen LogP contribution in [-0.2, 0) is 0 Å². The van der Waals surface area contributed by atoms with Crippen molar-refractivity contribution in [2.24, 2.45) is 0 Å². The number of H-pyrrole nitrogens is 1. The maximum atomic E-state index is 5.88. The van der Waals surface area contributed by atoms with E-state index in [4.69, 9.17) is 11.6 Å². The molecule has 0 aromatic carbocycles. The zero-order valence-electron chi connectivity index (χ0n) is 8.49. The Morgan fingerprint density at radius 3 is 2.93 bits per heavy atom. The van der Waals surface area contributed by atoms with Gasteiger partial charge in [0.25, 0.3) is 0 Å². The molecule has 0 unspecified atom stereocenters. The SMILES string of the molecule is CC(C)(CCl)Sc1ncnc2nc[nH]c12. The number of aromatic nitrogens is 4. The Hall–Kier alpha value is -0.810. The zero-order valence-corrected chi connectivity index (χ0v) is 10.1. The molecule has 0 aliphatic carbocycles. The lowest BCUT2D eigenvalue weighted by Gasteiger charge is -2.19. The molecule has 4 nitrogen and oxygen atoms in total. The van der Waals surface area contributed by atoms with Crippen LogP contribution in [0.1, 0.15) is 13.8 Å². The quantitative estimate of drug-likeness (QED) is 0.510. The molecule has 6 heteroatoms. The Bertz CT molecular complexity index is 468. The number of fused-ring (bicyclic) bond motifs is 1. The maximum Gasteiger partial charge on any atom is 0.181 e. The molecular weight excluding hydrogens is 232 g/mol. The lowest BCUT2D eigenvalue weighted by Crippen LogP contribution is -2.16. The van der Waals surface area contributed by atoms with E-state index in [1.54, 1.807) is 18.1 Å². The van der Waals surface area contributed by atoms with Crippen LogP contribution < -0.4 is 0 Å². The molecule has 0 atom stereocenters. The van der Waals surface area contributed by atoms with Gasteiger partial charge in [0, 0.05) is 10.6 Å². The van der Waals surface area contributed by atoms with Gasteiger partial charge in [0.15, 0.2) is 5.65 Å². The van der Waals surface area contributed by atoms with Crippen molar-refractivity contribution in [3.8, 4) is 0 Å². The molecule has 0 saturated carbocycles. The molecule has 0 aliphatic rings. The van der Waals surface area contributed by atoms with Crippen molar-refractivity contribution >= 4 is 34.5 Å². The lowest BCUT2D eigenvalue weighted by atomic mass is 10.2. The van der Waals surface area contributed by atoms with E-state index in [-0.39, 0.29) is 4.75 Å². The number of imidazole rings is 1. The average molecular weight is 243 g/mol. The van der Waals surface area contributed by atoms with Crippen molar-refractivity contribution in [3.05, 3.63) is 12.7 Å². The summed E-state index contributed by atoms with van der Waals surface area (Å²) in [6.45, 7) is 4.16. The van der Waals surface area contributed by atoms with Gasteiger partial charge in [-0.15, -0.1) is 11.6 Å². The van der Waals surface area contributed by atoms with E-state index in [1.807, 2.05) is 0 Å². The predicted molar refractivity (Wildman–Crippen MR) is 62.3 cm³/mol. The van der Waals surface area contributed by atoms with Crippen LogP contribution in [0.25, 0.3) is 11.2 Å². The Morgan fingerprint density at radius 2 is 2.20 bits per heavy atom. The Labute approximate surface area is 96.9 Å². The highest BCUT2D eigenvalue weighted by Crippen LogP contribution is 2.34. The molecule has 2 aromatic heterocycles. The number of rotatable bonds is 3. The molecule has 15 heavy (non-hydrogen) atoms. The van der Waals surface area contributed by atoms with Gasteiger partial charge < -0.3 is 4.98 Å². The predicted octanol–water partition coefficient (Wildman–Crippen LogP) is 2.46. The summed E-state index contributed by atoms with van der Waals surface area (Å²) in [7, 11) is 0. The van der Waals surface area contributed by atoms with Crippen LogP contribution in [0.4, 0.5) is 0 Å². The molecule has 0 radical (unpaired) electrons. The Morgan fingerprint density at radius 1 is 1.40 bits per heavy atom. The van der Waals surface area contributed by atoms with Crippen molar-refractivity contribution in [2.75, 3.05) is 5.88 Å². The van der Waals surface area contributed by atoms with Crippen LogP contribution in [0, 0.1) is 0 Å². The molecule has 0 spiro atoms. The van der Waals surface area contributed by atoms with Gasteiger partial charge in [-0.3, -0.25) is 0 Å². The highest BCUT2D eigenvalue weighted by atomic mass is 35.5. The van der Waals surface area contributed by atoms with Crippen LogP contribution in [0.3, 0.4) is 0 Å². The summed E-state index contributed by atoms with van der Waals surface area (Å²) in [4.78, 5) is 15.4. The van der Waals surface area contributed by atoms with Crippen LogP contribution in [0.5, 0.6) is 0 Å². The fourth-order valence-corrected chi connectivity index (χ4v) is 2.20. The van der Waals surface area contributed by atoms with Crippen molar-refractivity contribution < 1.29 is 0 Å². The third-order valence-corrected chi connectivity index (χ3v) is 3.91. The van der Waals surface area contributed by atoms with Crippen LogP contribution in [-0.4, -0.2) is 30.6 Å². The van der Waals surface area contributed by atoms with E-state index in [0.717, 1.165) is 10.5 Å². The van der Waals surface area contributed by atoms with Gasteiger partial charge in [-0.25, -0.2) is 15.0 Å². The molecular formula is C9H11ClN4S. The highest BCUT2D eigenvalue weighted by Gasteiger charge is 2.20. The summed E-state index contributed by atoms with van der Waals surface area (Å²) in [5.74, 6) is 0.567. The van der Waals surface area contributed by atoms with Gasteiger partial charge >= 0.3 is 0 Å². The standard InChI is InChI=1S/C9H11ClN4S/c1-9(2,3-10)15-8-6-7(12-4-11-6)13-5-14-8/h4-5H,3H2,1-2H3,(H,11,12,13,14). The third-order valence-electron chi connectivity index (χ3n) is 1.88. The Balaban J connectivity index is 2.39. The lowest BCUT2D eigenvalue weighted by molar-refractivity contribution is 0.808. The summed E-state index contributed by atoms with van der Waals surface area (Å²) in [5, 5.41) is 0.892.